The van der Waals surface area contributed by atoms with Crippen LogP contribution in [0.25, 0.3) is 0 Å². The monoisotopic (exact) mass is 835 g/mol. The molecule has 322 valence electrons. The summed E-state index contributed by atoms with van der Waals surface area (Å²) in [6.45, 7) is 25.9. The maximum absolute atomic E-state index is 13.5. The number of carbonyl (C=O) groups excluding carboxylic acids is 1. The van der Waals surface area contributed by atoms with E-state index in [2.05, 4.69) is 75.5 Å². The Morgan fingerprint density at radius 1 is 0.966 bits per heavy atom. The van der Waals surface area contributed by atoms with E-state index in [1.807, 2.05) is 12.3 Å². The number of nitrogens with zero attached hydrogens (tertiary/aromatic N) is 2. The number of carbonyl (C=O) groups is 1. The summed E-state index contributed by atoms with van der Waals surface area (Å²) >= 11 is 1.46. The number of rotatable bonds is 11. The minimum Gasteiger partial charge on any atom is -0.469 e. The summed E-state index contributed by atoms with van der Waals surface area (Å²) in [6, 6.07) is 0. The molecule has 10 heteroatoms. The van der Waals surface area contributed by atoms with Crippen molar-refractivity contribution in [2.75, 3.05) is 50.9 Å². The molecule has 0 bridgehead atoms. The quantitative estimate of drug-likeness (QED) is 0.174. The molecule has 1 saturated heterocycles. The molecular formula is C48H73N3O5S2. The second-order valence-electron chi connectivity index (χ2n) is 21.3. The maximum Gasteiger partial charge on any atom is 0.315 e. The molecule has 7 aliphatic rings. The van der Waals surface area contributed by atoms with Crippen LogP contribution in [0, 0.1) is 56.7 Å². The van der Waals surface area contributed by atoms with Gasteiger partial charge in [0.25, 0.3) is 5.19 Å². The molecule has 8 rings (SSSR count). The number of ether oxygens (including phenoxy) is 2. The normalized spacial score (nSPS) is 41.8. The predicted molar refractivity (Wildman–Crippen MR) is 234 cm³/mol. The lowest BCUT2D eigenvalue weighted by Gasteiger charge is -2.72. The second-order valence-corrected chi connectivity index (χ2v) is 24.5. The van der Waals surface area contributed by atoms with Crippen LogP contribution in [0.5, 0.6) is 5.19 Å². The molecule has 2 unspecified atom stereocenters. The Morgan fingerprint density at radius 2 is 1.74 bits per heavy atom. The van der Waals surface area contributed by atoms with Gasteiger partial charge in [-0.3, -0.25) is 4.79 Å². The summed E-state index contributed by atoms with van der Waals surface area (Å²) in [7, 11) is -2.87. The van der Waals surface area contributed by atoms with Crippen LogP contribution >= 0.6 is 11.3 Å². The minimum absolute atomic E-state index is 0.0416. The number of aromatic nitrogens is 1. The standard InChI is InChI=1S/C48H73N3O5S2/c1-9-55-41(52)47(32-56-42-49-25-29-57-42)19-12-34(13-20-47)36-15-17-44(6)38(43(36,4)5)16-18-46(8)39(44)11-10-37-40-35(33(2)3)14-21-48(40,23-22-45(37,46)7)50-24-26-51-27-30-58(53,54)31-28-51/h12,15,25,29,35,37-40,50H,2,9-11,13-14,16-24,26-28,30-32H2,1,3-8H3/t35?,37-,38+,39-,40-,44+,45-,46-,47?,48+/m1/s1. The Morgan fingerprint density at radius 3 is 2.41 bits per heavy atom. The zero-order chi connectivity index (χ0) is 41.4. The van der Waals surface area contributed by atoms with Gasteiger partial charge in [-0.1, -0.05) is 70.3 Å². The number of hydrogen-bond donors (Lipinski definition) is 1. The second kappa shape index (κ2) is 15.4. The van der Waals surface area contributed by atoms with E-state index >= 15 is 0 Å². The molecule has 4 saturated carbocycles. The van der Waals surface area contributed by atoms with Crippen molar-refractivity contribution >= 4 is 27.1 Å². The van der Waals surface area contributed by atoms with Crippen LogP contribution in [-0.4, -0.2) is 80.7 Å². The van der Waals surface area contributed by atoms with Crippen molar-refractivity contribution in [2.45, 2.75) is 131 Å². The van der Waals surface area contributed by atoms with Crippen molar-refractivity contribution in [3.63, 3.8) is 0 Å². The molecule has 8 nitrogen and oxygen atoms in total. The number of allylic oxidation sites excluding steroid dienone is 5. The van der Waals surface area contributed by atoms with Crippen molar-refractivity contribution in [3.8, 4) is 5.19 Å². The average Bonchev–Trinajstić information content (AvgIpc) is 3.84. The number of fused-ring (bicyclic) bond motifs is 7. The van der Waals surface area contributed by atoms with E-state index in [4.69, 9.17) is 9.47 Å². The summed E-state index contributed by atoms with van der Waals surface area (Å²) in [5, 5.41) is 6.75. The first-order valence-corrected chi connectivity index (χ1v) is 25.6. The molecule has 0 spiro atoms. The molecule has 1 N–H and O–H groups in total. The van der Waals surface area contributed by atoms with Gasteiger partial charge in [-0.15, -0.1) is 0 Å². The molecule has 0 radical (unpaired) electrons. The summed E-state index contributed by atoms with van der Waals surface area (Å²) in [5.41, 5.74) is 4.61. The summed E-state index contributed by atoms with van der Waals surface area (Å²) in [4.78, 5) is 20.1. The third kappa shape index (κ3) is 6.92. The van der Waals surface area contributed by atoms with Crippen molar-refractivity contribution in [2.24, 2.45) is 56.7 Å². The molecule has 10 atom stereocenters. The first kappa shape index (κ1) is 42.7. The molecule has 0 aromatic carbocycles. The van der Waals surface area contributed by atoms with Crippen LogP contribution in [0.1, 0.15) is 126 Å². The van der Waals surface area contributed by atoms with Gasteiger partial charge in [0, 0.05) is 43.3 Å². The van der Waals surface area contributed by atoms with Crippen LogP contribution in [-0.2, 0) is 19.4 Å². The van der Waals surface area contributed by atoms with E-state index < -0.39 is 15.3 Å². The Balaban J connectivity index is 1.02. The molecule has 1 aromatic heterocycles. The average molecular weight is 836 g/mol. The van der Waals surface area contributed by atoms with E-state index in [1.54, 1.807) is 6.20 Å². The highest BCUT2D eigenvalue weighted by molar-refractivity contribution is 7.91. The molecule has 0 amide bonds. The first-order valence-electron chi connectivity index (χ1n) is 22.9. The van der Waals surface area contributed by atoms with Crippen molar-refractivity contribution in [3.05, 3.63) is 47.0 Å². The molecular weight excluding hydrogens is 763 g/mol. The van der Waals surface area contributed by atoms with Crippen LogP contribution in [0.2, 0.25) is 0 Å². The van der Waals surface area contributed by atoms with Gasteiger partial charge in [-0.05, 0) is 153 Å². The lowest BCUT2D eigenvalue weighted by atomic mass is 9.33. The molecule has 1 aliphatic heterocycles. The number of esters is 1. The highest BCUT2D eigenvalue weighted by atomic mass is 32.2. The van der Waals surface area contributed by atoms with Gasteiger partial charge in [0.05, 0.1) is 18.1 Å². The summed E-state index contributed by atoms with van der Waals surface area (Å²) < 4.78 is 35.9. The zero-order valence-corrected chi connectivity index (χ0v) is 38.4. The predicted octanol–water partition coefficient (Wildman–Crippen LogP) is 9.45. The highest BCUT2D eigenvalue weighted by Crippen LogP contribution is 2.76. The fourth-order valence-corrected chi connectivity index (χ4v) is 17.1. The van der Waals surface area contributed by atoms with E-state index in [9.17, 15) is 13.2 Å². The maximum atomic E-state index is 13.5. The lowest BCUT2D eigenvalue weighted by molar-refractivity contribution is -0.221. The molecule has 6 aliphatic carbocycles. The number of hydrogen-bond acceptors (Lipinski definition) is 9. The van der Waals surface area contributed by atoms with Crippen LogP contribution < -0.4 is 10.1 Å². The van der Waals surface area contributed by atoms with E-state index in [0.29, 0.717) is 79.0 Å². The van der Waals surface area contributed by atoms with Gasteiger partial charge >= 0.3 is 5.97 Å². The van der Waals surface area contributed by atoms with Gasteiger partial charge in [-0.2, -0.15) is 0 Å². The van der Waals surface area contributed by atoms with E-state index in [-0.39, 0.29) is 33.2 Å². The van der Waals surface area contributed by atoms with Crippen LogP contribution in [0.3, 0.4) is 0 Å². The van der Waals surface area contributed by atoms with Crippen LogP contribution in [0.4, 0.5) is 0 Å². The number of thiazole rings is 1. The van der Waals surface area contributed by atoms with Gasteiger partial charge < -0.3 is 19.7 Å². The smallest absolute Gasteiger partial charge is 0.315 e. The Hall–Kier alpha value is -2.01. The molecule has 2 heterocycles. The van der Waals surface area contributed by atoms with Crippen molar-refractivity contribution in [1.82, 2.24) is 15.2 Å². The Labute approximate surface area is 354 Å². The fourth-order valence-electron chi connectivity index (χ4n) is 15.3. The number of nitrogens with one attached hydrogen (secondary N) is 1. The highest BCUT2D eigenvalue weighted by Gasteiger charge is 2.70. The zero-order valence-electron chi connectivity index (χ0n) is 36.8. The summed E-state index contributed by atoms with van der Waals surface area (Å²) in [6.07, 6.45) is 20.3. The first-order chi connectivity index (χ1) is 27.4. The third-order valence-corrected chi connectivity index (χ3v) is 20.8. The van der Waals surface area contributed by atoms with Gasteiger partial charge in [0.2, 0.25) is 0 Å². The molecule has 58 heavy (non-hydrogen) atoms. The van der Waals surface area contributed by atoms with Gasteiger partial charge in [0.15, 0.2) is 9.84 Å². The topological polar surface area (TPSA) is 97.8 Å². The number of sulfone groups is 1. The summed E-state index contributed by atoms with van der Waals surface area (Å²) in [5.74, 6) is 3.57. The third-order valence-electron chi connectivity index (χ3n) is 18.5. The Bertz CT molecular complexity index is 1890. The van der Waals surface area contributed by atoms with Crippen molar-refractivity contribution < 1.29 is 22.7 Å². The SMILES string of the molecule is C=C(C)C1CC[C@]2(NCCN3CCS(=O)(=O)CC3)CC[C@]3(C)[C@H](CC[C@@H]4[C@@]5(C)CC=C(C6=CCC(COc7nccs7)(C(=O)OCC)CC6)C(C)(C)[C@@H]5CC[C@]43C)[C@@H]12. The lowest BCUT2D eigenvalue weighted by Crippen LogP contribution is -2.68. The Kier molecular flexibility index (Phi) is 11.3. The van der Waals surface area contributed by atoms with Crippen molar-refractivity contribution in [1.29, 1.82) is 0 Å². The molecule has 5 fully saturated rings. The van der Waals surface area contributed by atoms with Gasteiger partial charge in [0.1, 0.15) is 12.0 Å². The largest absolute Gasteiger partial charge is 0.469 e. The van der Waals surface area contributed by atoms with E-state index in [1.165, 1.54) is 79.4 Å². The molecule has 1 aromatic rings. The van der Waals surface area contributed by atoms with Gasteiger partial charge in [-0.25, -0.2) is 13.4 Å². The minimum atomic E-state index is -2.87. The van der Waals surface area contributed by atoms with E-state index in [0.717, 1.165) is 32.4 Å². The van der Waals surface area contributed by atoms with Crippen LogP contribution in [0.15, 0.2) is 47.0 Å². The fraction of sp³-hybridized carbons (Fsp3) is 0.792.